The van der Waals surface area contributed by atoms with Gasteiger partial charge in [-0.05, 0) is 53.0 Å². The van der Waals surface area contributed by atoms with Crippen LogP contribution in [-0.4, -0.2) is 82.5 Å². The van der Waals surface area contributed by atoms with Gasteiger partial charge in [0, 0.05) is 6.42 Å². The lowest BCUT2D eigenvalue weighted by molar-refractivity contribution is -0.142. The molecule has 0 spiro atoms. The van der Waals surface area contributed by atoms with E-state index in [1.54, 1.807) is 0 Å². The zero-order valence-electron chi connectivity index (χ0n) is 19.6. The molecular formula is C20H36N6O8. The van der Waals surface area contributed by atoms with Gasteiger partial charge in [0.05, 0.1) is 6.04 Å². The van der Waals surface area contributed by atoms with E-state index in [1.165, 1.54) is 20.8 Å². The standard InChI is InChI=1S/C20H36N6O8/c1-10(23-17(30)11(2)25-19(32)13(22)7-8-15(27)28)16(29)24-12(3)18(31)26-14(20(33)34)6-4-5-9-21/h10-14H,4-9,21-22H2,1-3H3,(H,23,30)(H,24,29)(H,25,32)(H,26,31)(H,27,28)(H,33,34)/t10-,11-,12-,13-,14-/m0/s1. The van der Waals surface area contributed by atoms with Crippen molar-refractivity contribution < 1.29 is 39.0 Å². The summed E-state index contributed by atoms with van der Waals surface area (Å²) in [6.45, 7) is 4.48. The number of nitrogens with two attached hydrogens (primary N) is 2. The highest BCUT2D eigenvalue weighted by Gasteiger charge is 2.27. The predicted molar refractivity (Wildman–Crippen MR) is 120 cm³/mol. The Balaban J connectivity index is 4.66. The van der Waals surface area contributed by atoms with Crippen LogP contribution in [0.4, 0.5) is 0 Å². The first kappa shape index (κ1) is 30.7. The van der Waals surface area contributed by atoms with Crippen LogP contribution < -0.4 is 32.7 Å². The fourth-order valence-corrected chi connectivity index (χ4v) is 2.65. The Labute approximate surface area is 197 Å². The number of carbonyl (C=O) groups is 6. The summed E-state index contributed by atoms with van der Waals surface area (Å²) in [5.74, 6) is -5.15. The van der Waals surface area contributed by atoms with E-state index in [-0.39, 0.29) is 19.3 Å². The Kier molecular flexibility index (Phi) is 14.1. The number of nitrogens with one attached hydrogen (secondary N) is 4. The monoisotopic (exact) mass is 488 g/mol. The van der Waals surface area contributed by atoms with Crippen molar-refractivity contribution >= 4 is 35.6 Å². The van der Waals surface area contributed by atoms with Crippen molar-refractivity contribution in [3.63, 3.8) is 0 Å². The average molecular weight is 489 g/mol. The molecule has 194 valence electrons. The Bertz CT molecular complexity index is 747. The first-order chi connectivity index (χ1) is 15.8. The van der Waals surface area contributed by atoms with Gasteiger partial charge in [-0.2, -0.15) is 0 Å². The van der Waals surface area contributed by atoms with E-state index in [0.29, 0.717) is 19.4 Å². The number of hydrogen-bond acceptors (Lipinski definition) is 8. The Morgan fingerprint density at radius 1 is 0.706 bits per heavy atom. The molecule has 0 unspecified atom stereocenters. The number of carboxylic acids is 2. The molecule has 0 aliphatic carbocycles. The third kappa shape index (κ3) is 12.1. The van der Waals surface area contributed by atoms with Crippen LogP contribution in [-0.2, 0) is 28.8 Å². The fourth-order valence-electron chi connectivity index (χ4n) is 2.65. The van der Waals surface area contributed by atoms with Crippen LogP contribution in [0.25, 0.3) is 0 Å². The lowest BCUT2D eigenvalue weighted by Gasteiger charge is -2.22. The van der Waals surface area contributed by atoms with Gasteiger partial charge < -0.3 is 42.9 Å². The Hall–Kier alpha value is -3.26. The molecule has 4 amide bonds. The van der Waals surface area contributed by atoms with Crippen molar-refractivity contribution in [3.05, 3.63) is 0 Å². The molecule has 0 saturated carbocycles. The normalized spacial score (nSPS) is 15.1. The molecule has 0 bridgehead atoms. The predicted octanol–water partition coefficient (Wildman–Crippen LogP) is -2.61. The zero-order chi connectivity index (χ0) is 26.4. The summed E-state index contributed by atoms with van der Waals surface area (Å²) < 4.78 is 0. The number of carboxylic acid groups (broad SMARTS) is 2. The van der Waals surface area contributed by atoms with Crippen LogP contribution in [0.2, 0.25) is 0 Å². The lowest BCUT2D eigenvalue weighted by Crippen LogP contribution is -2.56. The van der Waals surface area contributed by atoms with E-state index in [1.807, 2.05) is 0 Å². The van der Waals surface area contributed by atoms with E-state index in [0.717, 1.165) is 0 Å². The summed E-state index contributed by atoms with van der Waals surface area (Å²) in [5.41, 5.74) is 11.0. The zero-order valence-corrected chi connectivity index (χ0v) is 19.6. The molecule has 34 heavy (non-hydrogen) atoms. The van der Waals surface area contributed by atoms with Crippen molar-refractivity contribution in [2.24, 2.45) is 11.5 Å². The molecule has 0 aliphatic rings. The number of aliphatic carboxylic acids is 2. The lowest BCUT2D eigenvalue weighted by atomic mass is 10.1. The summed E-state index contributed by atoms with van der Waals surface area (Å²) in [4.78, 5) is 70.7. The molecule has 0 rings (SSSR count). The van der Waals surface area contributed by atoms with Gasteiger partial charge in [0.25, 0.3) is 0 Å². The van der Waals surface area contributed by atoms with E-state index in [2.05, 4.69) is 21.3 Å². The maximum Gasteiger partial charge on any atom is 0.326 e. The molecule has 5 atom stereocenters. The SMILES string of the molecule is C[C@H](NC(=O)[C@H](C)NC(=O)[C@@H](N)CCC(=O)O)C(=O)N[C@@H](C)C(=O)N[C@@H](CCCCN)C(=O)O. The number of carbonyl (C=O) groups excluding carboxylic acids is 4. The largest absolute Gasteiger partial charge is 0.481 e. The molecule has 0 heterocycles. The van der Waals surface area contributed by atoms with Gasteiger partial charge >= 0.3 is 11.9 Å². The first-order valence-electron chi connectivity index (χ1n) is 10.9. The second-order valence-electron chi connectivity index (χ2n) is 7.91. The Morgan fingerprint density at radius 2 is 1.15 bits per heavy atom. The van der Waals surface area contributed by atoms with Crippen LogP contribution in [0.15, 0.2) is 0 Å². The highest BCUT2D eigenvalue weighted by Crippen LogP contribution is 2.02. The summed E-state index contributed by atoms with van der Waals surface area (Å²) in [6.07, 6.45) is 0.894. The smallest absolute Gasteiger partial charge is 0.326 e. The average Bonchev–Trinajstić information content (AvgIpc) is 2.75. The fraction of sp³-hybridized carbons (Fsp3) is 0.700. The van der Waals surface area contributed by atoms with Crippen LogP contribution in [0.5, 0.6) is 0 Å². The highest BCUT2D eigenvalue weighted by molar-refractivity contribution is 5.95. The molecule has 0 aromatic carbocycles. The molecule has 14 nitrogen and oxygen atoms in total. The minimum atomic E-state index is -1.21. The number of hydrogen-bond donors (Lipinski definition) is 8. The molecule has 0 fully saturated rings. The molecule has 14 heteroatoms. The highest BCUT2D eigenvalue weighted by atomic mass is 16.4. The van der Waals surface area contributed by atoms with Gasteiger partial charge in [0.2, 0.25) is 23.6 Å². The van der Waals surface area contributed by atoms with E-state index in [4.69, 9.17) is 16.6 Å². The van der Waals surface area contributed by atoms with Crippen molar-refractivity contribution in [1.29, 1.82) is 0 Å². The Morgan fingerprint density at radius 3 is 1.56 bits per heavy atom. The maximum absolute atomic E-state index is 12.3. The van der Waals surface area contributed by atoms with Crippen LogP contribution in [0.3, 0.4) is 0 Å². The third-order valence-corrected chi connectivity index (χ3v) is 4.82. The second kappa shape index (κ2) is 15.6. The van der Waals surface area contributed by atoms with Crippen molar-refractivity contribution in [2.45, 2.75) is 83.1 Å². The van der Waals surface area contributed by atoms with Gasteiger partial charge in [-0.1, -0.05) is 0 Å². The van der Waals surface area contributed by atoms with Crippen LogP contribution in [0.1, 0.15) is 52.9 Å². The maximum atomic E-state index is 12.3. The minimum Gasteiger partial charge on any atom is -0.481 e. The molecular weight excluding hydrogens is 452 g/mol. The minimum absolute atomic E-state index is 0.107. The number of rotatable bonds is 16. The van der Waals surface area contributed by atoms with E-state index in [9.17, 15) is 33.9 Å². The summed E-state index contributed by atoms with van der Waals surface area (Å²) in [5, 5.41) is 27.3. The quantitative estimate of drug-likeness (QED) is 0.105. The van der Waals surface area contributed by atoms with Gasteiger partial charge in [0.15, 0.2) is 0 Å². The second-order valence-corrected chi connectivity index (χ2v) is 7.91. The van der Waals surface area contributed by atoms with Gasteiger partial charge in [0.1, 0.15) is 24.2 Å². The molecule has 0 radical (unpaired) electrons. The van der Waals surface area contributed by atoms with E-state index >= 15 is 0 Å². The summed E-state index contributed by atoms with van der Waals surface area (Å²) >= 11 is 0. The van der Waals surface area contributed by atoms with Crippen molar-refractivity contribution in [1.82, 2.24) is 21.3 Å². The topological polar surface area (TPSA) is 243 Å². The van der Waals surface area contributed by atoms with Gasteiger partial charge in [-0.25, -0.2) is 4.79 Å². The first-order valence-corrected chi connectivity index (χ1v) is 10.9. The molecule has 10 N–H and O–H groups in total. The number of amides is 4. The number of unbranched alkanes of at least 4 members (excludes halogenated alkanes) is 1. The molecule has 0 aromatic heterocycles. The molecule has 0 aromatic rings. The molecule has 0 aliphatic heterocycles. The van der Waals surface area contributed by atoms with Crippen molar-refractivity contribution in [3.8, 4) is 0 Å². The third-order valence-electron chi connectivity index (χ3n) is 4.82. The van der Waals surface area contributed by atoms with Gasteiger partial charge in [-0.15, -0.1) is 0 Å². The van der Waals surface area contributed by atoms with E-state index < -0.39 is 65.8 Å². The van der Waals surface area contributed by atoms with Crippen LogP contribution >= 0.6 is 0 Å². The molecule has 0 saturated heterocycles. The van der Waals surface area contributed by atoms with Gasteiger partial charge in [-0.3, -0.25) is 24.0 Å². The van der Waals surface area contributed by atoms with Crippen molar-refractivity contribution in [2.75, 3.05) is 6.54 Å². The van der Waals surface area contributed by atoms with Crippen LogP contribution in [0, 0.1) is 0 Å². The summed E-state index contributed by atoms with van der Waals surface area (Å²) in [7, 11) is 0. The summed E-state index contributed by atoms with van der Waals surface area (Å²) in [6, 6.07) is -5.46.